The van der Waals surface area contributed by atoms with Crippen LogP contribution in [-0.2, 0) is 34.1 Å². The Hall–Kier alpha value is -2.41. The zero-order chi connectivity index (χ0) is 25.6. The monoisotopic (exact) mass is 493 g/mol. The molecule has 1 aromatic heterocycles. The Balaban J connectivity index is 1.74. The molecule has 3 N–H and O–H groups in total. The zero-order valence-corrected chi connectivity index (χ0v) is 19.1. The van der Waals surface area contributed by atoms with Gasteiger partial charge in [0.1, 0.15) is 5.82 Å². The molecule has 34 heavy (non-hydrogen) atoms. The molecule has 0 radical (unpaired) electrons. The molecule has 2 atom stereocenters. The van der Waals surface area contributed by atoms with Crippen LogP contribution in [0, 0.1) is 0 Å². The number of nitrogens with zero attached hydrogens (tertiary/aromatic N) is 4. The van der Waals surface area contributed by atoms with Crippen molar-refractivity contribution >= 4 is 11.8 Å². The van der Waals surface area contributed by atoms with Crippen molar-refractivity contribution < 1.29 is 36.6 Å². The van der Waals surface area contributed by atoms with Crippen LogP contribution in [0.15, 0.2) is 0 Å². The third kappa shape index (κ3) is 5.45. The summed E-state index contributed by atoms with van der Waals surface area (Å²) in [7, 11) is 0. The molecule has 8 nitrogen and oxygen atoms in total. The van der Waals surface area contributed by atoms with E-state index in [1.165, 1.54) is 4.90 Å². The summed E-state index contributed by atoms with van der Waals surface area (Å²) < 4.78 is 68.4. The van der Waals surface area contributed by atoms with Crippen LogP contribution in [0.25, 0.3) is 0 Å². The minimum Gasteiger partial charge on any atom is -0.368 e. The van der Waals surface area contributed by atoms with Gasteiger partial charge in [0.2, 0.25) is 11.8 Å². The summed E-state index contributed by atoms with van der Waals surface area (Å²) >= 11 is 0. The number of halogens is 5. The first-order chi connectivity index (χ1) is 15.5. The highest BCUT2D eigenvalue weighted by Crippen LogP contribution is 2.36. The van der Waals surface area contributed by atoms with Crippen molar-refractivity contribution in [2.75, 3.05) is 13.1 Å². The number of piperidine rings is 1. The van der Waals surface area contributed by atoms with E-state index in [1.54, 1.807) is 20.8 Å². The number of aromatic nitrogens is 2. The summed E-state index contributed by atoms with van der Waals surface area (Å²) in [5.74, 6) is -4.69. The van der Waals surface area contributed by atoms with Gasteiger partial charge in [-0.2, -0.15) is 13.2 Å². The number of amides is 2. The molecule has 13 heteroatoms. The fraction of sp³-hybridized carbons (Fsp3) is 0.714. The van der Waals surface area contributed by atoms with Gasteiger partial charge >= 0.3 is 6.18 Å². The van der Waals surface area contributed by atoms with E-state index in [2.05, 4.69) is 9.97 Å². The zero-order valence-electron chi connectivity index (χ0n) is 19.1. The van der Waals surface area contributed by atoms with Crippen molar-refractivity contribution in [1.82, 2.24) is 19.8 Å². The lowest BCUT2D eigenvalue weighted by Gasteiger charge is -2.38. The molecular weight excluding hydrogens is 465 g/mol. The topological polar surface area (TPSA) is 113 Å². The number of fused-ring (bicyclic) bond motifs is 1. The van der Waals surface area contributed by atoms with Crippen LogP contribution in [0.5, 0.6) is 0 Å². The number of aliphatic hydroxyl groups excluding tert-OH is 1. The Morgan fingerprint density at radius 2 is 1.88 bits per heavy atom. The van der Waals surface area contributed by atoms with E-state index in [4.69, 9.17) is 5.73 Å². The van der Waals surface area contributed by atoms with Gasteiger partial charge in [0.05, 0.1) is 12.2 Å². The highest BCUT2D eigenvalue weighted by Gasteiger charge is 2.48. The number of carbonyl (C=O) groups excluding carboxylic acids is 2. The van der Waals surface area contributed by atoms with Crippen LogP contribution < -0.4 is 5.73 Å². The van der Waals surface area contributed by atoms with Gasteiger partial charge in [-0.25, -0.2) is 18.7 Å². The van der Waals surface area contributed by atoms with Crippen molar-refractivity contribution in [3.63, 3.8) is 0 Å². The molecule has 1 fully saturated rings. The molecule has 0 aromatic carbocycles. The lowest BCUT2D eigenvalue weighted by molar-refractivity contribution is -0.205. The molecule has 2 aliphatic heterocycles. The minimum atomic E-state index is -4.68. The Morgan fingerprint density at radius 3 is 2.47 bits per heavy atom. The highest BCUT2D eigenvalue weighted by atomic mass is 19.4. The minimum absolute atomic E-state index is 0.00287. The van der Waals surface area contributed by atoms with Crippen LogP contribution in [0.2, 0.25) is 0 Å². The first-order valence-corrected chi connectivity index (χ1v) is 10.9. The summed E-state index contributed by atoms with van der Waals surface area (Å²) in [4.78, 5) is 34.6. The Labute approximate surface area is 193 Å². The third-order valence-corrected chi connectivity index (χ3v) is 5.89. The molecule has 190 valence electrons. The molecule has 2 aliphatic rings. The molecule has 3 heterocycles. The Morgan fingerprint density at radius 1 is 1.24 bits per heavy atom. The summed E-state index contributed by atoms with van der Waals surface area (Å²) in [5.41, 5.74) is 4.19. The van der Waals surface area contributed by atoms with Crippen molar-refractivity contribution in [2.45, 2.75) is 82.8 Å². The SMILES string of the molecule is CC(C)(C)c1nc2c(c(C(F)(F)F)n1)CCN(C(=O)C[C@@H](N)CN1C(=O)CCC(F)(F)C1O)C2. The van der Waals surface area contributed by atoms with E-state index < -0.39 is 66.7 Å². The second-order valence-electron chi connectivity index (χ2n) is 9.78. The van der Waals surface area contributed by atoms with Gasteiger partial charge in [-0.3, -0.25) is 9.59 Å². The van der Waals surface area contributed by atoms with Gasteiger partial charge < -0.3 is 20.6 Å². The predicted molar refractivity (Wildman–Crippen MR) is 109 cm³/mol. The first-order valence-electron chi connectivity index (χ1n) is 10.9. The maximum atomic E-state index is 13.7. The van der Waals surface area contributed by atoms with Gasteiger partial charge in [-0.05, 0) is 6.42 Å². The maximum Gasteiger partial charge on any atom is 0.433 e. The maximum absolute atomic E-state index is 13.7. The second-order valence-corrected chi connectivity index (χ2v) is 9.78. The standard InChI is InChI=1S/C21H28F5N5O3/c1-19(2,3)17-28-13-10-30(7-5-12(13)16(29-17)21(24,25)26)15(33)8-11(27)9-31-14(32)4-6-20(22,23)18(31)34/h11,18,34H,4-10,27H2,1-3H3/t11-,18?/m1/s1. The van der Waals surface area contributed by atoms with Gasteiger partial charge in [0, 0.05) is 49.4 Å². The lowest BCUT2D eigenvalue weighted by Crippen LogP contribution is -2.58. The number of rotatable bonds is 4. The predicted octanol–water partition coefficient (Wildman–Crippen LogP) is 1.97. The molecule has 3 rings (SSSR count). The lowest BCUT2D eigenvalue weighted by atomic mass is 9.93. The van der Waals surface area contributed by atoms with Crippen molar-refractivity contribution in [2.24, 2.45) is 5.73 Å². The largest absolute Gasteiger partial charge is 0.433 e. The Bertz CT molecular complexity index is 963. The van der Waals surface area contributed by atoms with E-state index in [-0.39, 0.29) is 43.0 Å². The summed E-state index contributed by atoms with van der Waals surface area (Å²) in [6.07, 6.45) is -8.68. The van der Waals surface area contributed by atoms with Crippen LogP contribution in [0.3, 0.4) is 0 Å². The molecule has 0 spiro atoms. The van der Waals surface area contributed by atoms with Crippen molar-refractivity contribution in [1.29, 1.82) is 0 Å². The first kappa shape index (κ1) is 26.2. The summed E-state index contributed by atoms with van der Waals surface area (Å²) in [5, 5.41) is 9.79. The number of nitrogens with two attached hydrogens (primary N) is 1. The number of hydrogen-bond acceptors (Lipinski definition) is 6. The number of likely N-dealkylation sites (tertiary alicyclic amines) is 1. The highest BCUT2D eigenvalue weighted by molar-refractivity contribution is 5.79. The van der Waals surface area contributed by atoms with Gasteiger partial charge in [-0.1, -0.05) is 20.8 Å². The number of aliphatic hydroxyl groups is 1. The van der Waals surface area contributed by atoms with Gasteiger partial charge in [-0.15, -0.1) is 0 Å². The molecule has 0 aliphatic carbocycles. The molecule has 1 unspecified atom stereocenters. The second kappa shape index (κ2) is 8.99. The van der Waals surface area contributed by atoms with E-state index in [9.17, 15) is 36.6 Å². The number of carbonyl (C=O) groups is 2. The number of hydrogen-bond donors (Lipinski definition) is 2. The van der Waals surface area contributed by atoms with Crippen molar-refractivity contribution in [3.05, 3.63) is 22.8 Å². The van der Waals surface area contributed by atoms with Gasteiger partial charge in [0.15, 0.2) is 11.9 Å². The fourth-order valence-electron chi connectivity index (χ4n) is 4.00. The van der Waals surface area contributed by atoms with E-state index >= 15 is 0 Å². The van der Waals surface area contributed by atoms with Crippen LogP contribution >= 0.6 is 0 Å². The molecule has 2 amide bonds. The van der Waals surface area contributed by atoms with E-state index in [1.807, 2.05) is 0 Å². The fourth-order valence-corrected chi connectivity index (χ4v) is 4.00. The van der Waals surface area contributed by atoms with Gasteiger partial charge in [0.25, 0.3) is 5.92 Å². The summed E-state index contributed by atoms with van der Waals surface area (Å²) in [6, 6.07) is -1.05. The molecule has 0 bridgehead atoms. The Kier molecular flexibility index (Phi) is 6.93. The number of alkyl halides is 5. The van der Waals surface area contributed by atoms with Crippen LogP contribution in [-0.4, -0.2) is 68.0 Å². The quantitative estimate of drug-likeness (QED) is 0.621. The molecule has 1 saturated heterocycles. The average Bonchev–Trinajstić information content (AvgIpc) is 2.71. The van der Waals surface area contributed by atoms with Crippen LogP contribution in [0.1, 0.15) is 62.8 Å². The molecular formula is C21H28F5N5O3. The van der Waals surface area contributed by atoms with Crippen LogP contribution in [0.4, 0.5) is 22.0 Å². The molecule has 0 saturated carbocycles. The summed E-state index contributed by atoms with van der Waals surface area (Å²) in [6.45, 7) is 4.38. The third-order valence-electron chi connectivity index (χ3n) is 5.89. The normalized spacial score (nSPS) is 21.9. The smallest absolute Gasteiger partial charge is 0.368 e. The van der Waals surface area contributed by atoms with E-state index in [0.29, 0.717) is 4.90 Å². The average molecular weight is 493 g/mol. The molecule has 1 aromatic rings. The van der Waals surface area contributed by atoms with Crippen molar-refractivity contribution in [3.8, 4) is 0 Å². The van der Waals surface area contributed by atoms with E-state index in [0.717, 1.165) is 0 Å².